The van der Waals surface area contributed by atoms with E-state index in [1.54, 1.807) is 55.6 Å². The van der Waals surface area contributed by atoms with E-state index in [2.05, 4.69) is 5.32 Å². The van der Waals surface area contributed by atoms with Crippen LogP contribution in [0.4, 0.5) is 0 Å². The SMILES string of the molecule is COc1ccc(C(=O)NCC2CCN(C(=O)c3cccn(C)c3=O)CC2)c(OC)c1. The fraction of sp³-hybridized carbons (Fsp3) is 0.409. The molecule has 2 aromatic rings. The van der Waals surface area contributed by atoms with E-state index >= 15 is 0 Å². The number of hydrogen-bond donors (Lipinski definition) is 1. The summed E-state index contributed by atoms with van der Waals surface area (Å²) < 4.78 is 11.9. The molecule has 0 radical (unpaired) electrons. The summed E-state index contributed by atoms with van der Waals surface area (Å²) in [5, 5.41) is 2.96. The van der Waals surface area contributed by atoms with Crippen LogP contribution in [0.5, 0.6) is 11.5 Å². The van der Waals surface area contributed by atoms with Gasteiger partial charge in [0.2, 0.25) is 0 Å². The minimum Gasteiger partial charge on any atom is -0.497 e. The van der Waals surface area contributed by atoms with Crippen molar-refractivity contribution in [2.45, 2.75) is 12.8 Å². The number of pyridine rings is 1. The molecule has 0 bridgehead atoms. The zero-order valence-corrected chi connectivity index (χ0v) is 17.5. The Kier molecular flexibility index (Phi) is 6.76. The third-order valence-electron chi connectivity index (χ3n) is 5.46. The number of piperidine rings is 1. The molecule has 1 aromatic carbocycles. The maximum absolute atomic E-state index is 12.7. The van der Waals surface area contributed by atoms with Crippen LogP contribution < -0.4 is 20.3 Å². The van der Waals surface area contributed by atoms with Crippen LogP contribution in [0.1, 0.15) is 33.6 Å². The molecular formula is C22H27N3O5. The molecule has 1 aliphatic rings. The van der Waals surface area contributed by atoms with Crippen molar-refractivity contribution in [3.05, 3.63) is 58.0 Å². The largest absolute Gasteiger partial charge is 0.497 e. The van der Waals surface area contributed by atoms with E-state index in [0.717, 1.165) is 12.8 Å². The van der Waals surface area contributed by atoms with E-state index in [1.165, 1.54) is 11.7 Å². The number of amides is 2. The van der Waals surface area contributed by atoms with Gasteiger partial charge in [0.25, 0.3) is 17.4 Å². The monoisotopic (exact) mass is 413 g/mol. The molecule has 2 heterocycles. The average Bonchev–Trinajstić information content (AvgIpc) is 2.78. The Morgan fingerprint density at radius 3 is 2.50 bits per heavy atom. The van der Waals surface area contributed by atoms with Crippen molar-refractivity contribution in [2.24, 2.45) is 13.0 Å². The van der Waals surface area contributed by atoms with Crippen LogP contribution in [-0.2, 0) is 7.05 Å². The van der Waals surface area contributed by atoms with Gasteiger partial charge in [-0.2, -0.15) is 0 Å². The van der Waals surface area contributed by atoms with Crippen LogP contribution in [0.3, 0.4) is 0 Å². The Morgan fingerprint density at radius 2 is 1.83 bits per heavy atom. The number of carbonyl (C=O) groups is 2. The topological polar surface area (TPSA) is 89.9 Å². The van der Waals surface area contributed by atoms with Crippen LogP contribution in [0.25, 0.3) is 0 Å². The maximum Gasteiger partial charge on any atom is 0.263 e. The minimum absolute atomic E-state index is 0.193. The Bertz CT molecular complexity index is 977. The fourth-order valence-electron chi connectivity index (χ4n) is 3.59. The highest BCUT2D eigenvalue weighted by Gasteiger charge is 2.26. The average molecular weight is 413 g/mol. The molecular weight excluding hydrogens is 386 g/mol. The summed E-state index contributed by atoms with van der Waals surface area (Å²) in [5.41, 5.74) is 0.356. The van der Waals surface area contributed by atoms with Crippen molar-refractivity contribution < 1.29 is 19.1 Å². The van der Waals surface area contributed by atoms with E-state index in [0.29, 0.717) is 36.7 Å². The summed E-state index contributed by atoms with van der Waals surface area (Å²) in [5.74, 6) is 0.897. The molecule has 0 spiro atoms. The molecule has 30 heavy (non-hydrogen) atoms. The van der Waals surface area contributed by atoms with Crippen molar-refractivity contribution in [2.75, 3.05) is 33.9 Å². The van der Waals surface area contributed by atoms with Crippen molar-refractivity contribution in [1.82, 2.24) is 14.8 Å². The number of carbonyl (C=O) groups excluding carboxylic acids is 2. The molecule has 1 N–H and O–H groups in total. The zero-order chi connectivity index (χ0) is 21.7. The van der Waals surface area contributed by atoms with Crippen LogP contribution in [-0.4, -0.2) is 55.1 Å². The molecule has 1 saturated heterocycles. The van der Waals surface area contributed by atoms with Crippen molar-refractivity contribution in [3.8, 4) is 11.5 Å². The molecule has 1 fully saturated rings. The van der Waals surface area contributed by atoms with Gasteiger partial charge in [-0.15, -0.1) is 0 Å². The normalized spacial score (nSPS) is 14.3. The van der Waals surface area contributed by atoms with Gasteiger partial charge in [-0.05, 0) is 43.0 Å². The first-order valence-corrected chi connectivity index (χ1v) is 9.89. The van der Waals surface area contributed by atoms with E-state index < -0.39 is 0 Å². The zero-order valence-electron chi connectivity index (χ0n) is 17.5. The second-order valence-corrected chi connectivity index (χ2v) is 7.35. The molecule has 3 rings (SSSR count). The summed E-state index contributed by atoms with van der Waals surface area (Å²) in [6.45, 7) is 1.63. The lowest BCUT2D eigenvalue weighted by molar-refractivity contribution is 0.0682. The van der Waals surface area contributed by atoms with Gasteiger partial charge in [0.05, 0.1) is 19.8 Å². The van der Waals surface area contributed by atoms with Gasteiger partial charge < -0.3 is 24.3 Å². The van der Waals surface area contributed by atoms with E-state index in [9.17, 15) is 14.4 Å². The number of nitrogens with zero attached hydrogens (tertiary/aromatic N) is 2. The first kappa shape index (κ1) is 21.4. The van der Waals surface area contributed by atoms with Gasteiger partial charge in [-0.1, -0.05) is 0 Å². The molecule has 0 aliphatic carbocycles. The van der Waals surface area contributed by atoms with Crippen LogP contribution in [0, 0.1) is 5.92 Å². The predicted molar refractivity (Wildman–Crippen MR) is 112 cm³/mol. The number of nitrogens with one attached hydrogen (secondary N) is 1. The highest BCUT2D eigenvalue weighted by atomic mass is 16.5. The third-order valence-corrected chi connectivity index (χ3v) is 5.46. The summed E-state index contributed by atoms with van der Waals surface area (Å²) in [7, 11) is 4.70. The molecule has 1 aromatic heterocycles. The predicted octanol–water partition coefficient (Wildman–Crippen LogP) is 1.68. The Labute approximate surface area is 175 Å². The molecule has 8 nitrogen and oxygen atoms in total. The highest BCUT2D eigenvalue weighted by molar-refractivity contribution is 5.97. The Balaban J connectivity index is 1.54. The van der Waals surface area contributed by atoms with Crippen molar-refractivity contribution >= 4 is 11.8 Å². The van der Waals surface area contributed by atoms with E-state index in [-0.39, 0.29) is 28.9 Å². The second kappa shape index (κ2) is 9.47. The third kappa shape index (κ3) is 4.64. The summed E-state index contributed by atoms with van der Waals surface area (Å²) in [6, 6.07) is 8.33. The van der Waals surface area contributed by atoms with Gasteiger partial charge in [0.1, 0.15) is 17.1 Å². The fourth-order valence-corrected chi connectivity index (χ4v) is 3.59. The lowest BCUT2D eigenvalue weighted by Crippen LogP contribution is -2.43. The van der Waals surface area contributed by atoms with E-state index in [4.69, 9.17) is 9.47 Å². The van der Waals surface area contributed by atoms with Gasteiger partial charge in [-0.3, -0.25) is 14.4 Å². The molecule has 8 heteroatoms. The number of ether oxygens (including phenoxy) is 2. The van der Waals surface area contributed by atoms with Crippen LogP contribution in [0.2, 0.25) is 0 Å². The van der Waals surface area contributed by atoms with Crippen LogP contribution in [0.15, 0.2) is 41.3 Å². The molecule has 0 saturated carbocycles. The number of methoxy groups -OCH3 is 2. The maximum atomic E-state index is 12.7. The van der Waals surface area contributed by atoms with E-state index in [1.807, 2.05) is 0 Å². The van der Waals surface area contributed by atoms with Gasteiger partial charge in [-0.25, -0.2) is 0 Å². The number of rotatable bonds is 6. The minimum atomic E-state index is -0.287. The first-order chi connectivity index (χ1) is 14.4. The molecule has 2 amide bonds. The van der Waals surface area contributed by atoms with Crippen molar-refractivity contribution in [1.29, 1.82) is 0 Å². The van der Waals surface area contributed by atoms with Crippen LogP contribution >= 0.6 is 0 Å². The Morgan fingerprint density at radius 1 is 1.10 bits per heavy atom. The Hall–Kier alpha value is -3.29. The number of benzene rings is 1. The molecule has 0 atom stereocenters. The quantitative estimate of drug-likeness (QED) is 0.778. The number of aromatic nitrogens is 1. The summed E-state index contributed by atoms with van der Waals surface area (Å²) in [4.78, 5) is 39.1. The number of likely N-dealkylation sites (tertiary alicyclic amines) is 1. The van der Waals surface area contributed by atoms with Gasteiger partial charge in [0.15, 0.2) is 0 Å². The lowest BCUT2D eigenvalue weighted by atomic mass is 9.96. The van der Waals surface area contributed by atoms with Gasteiger partial charge in [0, 0.05) is 38.9 Å². The highest BCUT2D eigenvalue weighted by Crippen LogP contribution is 2.25. The first-order valence-electron chi connectivity index (χ1n) is 9.89. The second-order valence-electron chi connectivity index (χ2n) is 7.35. The summed E-state index contributed by atoms with van der Waals surface area (Å²) in [6.07, 6.45) is 3.16. The van der Waals surface area contributed by atoms with Gasteiger partial charge >= 0.3 is 0 Å². The lowest BCUT2D eigenvalue weighted by Gasteiger charge is -2.32. The molecule has 1 aliphatic heterocycles. The van der Waals surface area contributed by atoms with Crippen molar-refractivity contribution in [3.63, 3.8) is 0 Å². The summed E-state index contributed by atoms with van der Waals surface area (Å²) >= 11 is 0. The standard InChI is InChI=1S/C22H27N3O5/c1-24-10-4-5-18(21(24)27)22(28)25-11-8-15(9-12-25)14-23-20(26)17-7-6-16(29-2)13-19(17)30-3/h4-7,10,13,15H,8-9,11-12,14H2,1-3H3,(H,23,26). The molecule has 160 valence electrons. The number of hydrogen-bond acceptors (Lipinski definition) is 5. The smallest absolute Gasteiger partial charge is 0.263 e. The molecule has 0 unspecified atom stereocenters. The number of aryl methyl sites for hydroxylation is 1.